The number of nitrogens with zero attached hydrogens (tertiary/aromatic N) is 1. The van der Waals surface area contributed by atoms with Crippen LogP contribution >= 0.6 is 0 Å². The summed E-state index contributed by atoms with van der Waals surface area (Å²) in [5, 5.41) is 15.6. The molecule has 3 rings (SSSR count). The van der Waals surface area contributed by atoms with Gasteiger partial charge in [0.15, 0.2) is 0 Å². The van der Waals surface area contributed by atoms with E-state index in [-0.39, 0.29) is 24.4 Å². The van der Waals surface area contributed by atoms with Gasteiger partial charge in [-0.25, -0.2) is 0 Å². The van der Waals surface area contributed by atoms with E-state index in [1.54, 1.807) is 0 Å². The Labute approximate surface area is 148 Å². The van der Waals surface area contributed by atoms with Crippen LogP contribution in [0, 0.1) is 17.2 Å². The molecular formula is C21H23N3O. The molecule has 1 amide bonds. The maximum Gasteiger partial charge on any atom is 0.235 e. The van der Waals surface area contributed by atoms with Crippen molar-refractivity contribution in [3.63, 3.8) is 0 Å². The topological polar surface area (TPSA) is 64.9 Å². The van der Waals surface area contributed by atoms with Crippen LogP contribution in [-0.4, -0.2) is 18.0 Å². The molecule has 128 valence electrons. The van der Waals surface area contributed by atoms with Crippen LogP contribution in [0.3, 0.4) is 0 Å². The van der Waals surface area contributed by atoms with Gasteiger partial charge in [0.05, 0.1) is 18.7 Å². The maximum absolute atomic E-state index is 12.4. The molecule has 2 aromatic rings. The van der Waals surface area contributed by atoms with Gasteiger partial charge >= 0.3 is 0 Å². The molecular weight excluding hydrogens is 310 g/mol. The standard InChI is InChI=1S/C21H23N3O/c1-21(15-22,18-12-13-18)24-19(25)14-23-20(16-8-4-2-5-9-16)17-10-6-3-7-11-17/h2-11,18,20,23H,12-14H2,1H3,(H,24,25). The molecule has 1 saturated carbocycles. The molecule has 1 atom stereocenters. The summed E-state index contributed by atoms with van der Waals surface area (Å²) in [7, 11) is 0. The highest BCUT2D eigenvalue weighted by Gasteiger charge is 2.42. The second-order valence-electron chi connectivity index (χ2n) is 6.77. The van der Waals surface area contributed by atoms with Crippen molar-refractivity contribution in [1.29, 1.82) is 5.26 Å². The third-order valence-electron chi connectivity index (χ3n) is 4.76. The number of nitrogens with one attached hydrogen (secondary N) is 2. The lowest BCUT2D eigenvalue weighted by Crippen LogP contribution is -2.49. The predicted octanol–water partition coefficient (Wildman–Crippen LogP) is 3.17. The molecule has 25 heavy (non-hydrogen) atoms. The lowest BCUT2D eigenvalue weighted by Gasteiger charge is -2.24. The van der Waals surface area contributed by atoms with Crippen molar-refractivity contribution in [2.75, 3.05) is 6.54 Å². The normalized spacial score (nSPS) is 16.0. The first-order valence-electron chi connectivity index (χ1n) is 8.68. The fourth-order valence-electron chi connectivity index (χ4n) is 3.13. The zero-order chi connectivity index (χ0) is 17.7. The monoisotopic (exact) mass is 333 g/mol. The third-order valence-corrected chi connectivity index (χ3v) is 4.76. The average Bonchev–Trinajstić information content (AvgIpc) is 3.49. The van der Waals surface area contributed by atoms with Crippen LogP contribution in [0.25, 0.3) is 0 Å². The Morgan fingerprint density at radius 3 is 2.08 bits per heavy atom. The van der Waals surface area contributed by atoms with Gasteiger partial charge in [-0.15, -0.1) is 0 Å². The quantitative estimate of drug-likeness (QED) is 0.818. The summed E-state index contributed by atoms with van der Waals surface area (Å²) in [6, 6.07) is 22.3. The minimum atomic E-state index is -0.756. The van der Waals surface area contributed by atoms with Crippen LogP contribution in [0.5, 0.6) is 0 Å². The number of carbonyl (C=O) groups is 1. The minimum Gasteiger partial charge on any atom is -0.337 e. The lowest BCUT2D eigenvalue weighted by molar-refractivity contribution is -0.121. The van der Waals surface area contributed by atoms with Crippen molar-refractivity contribution >= 4 is 5.91 Å². The number of nitriles is 1. The van der Waals surface area contributed by atoms with Crippen LogP contribution in [0.2, 0.25) is 0 Å². The highest BCUT2D eigenvalue weighted by Crippen LogP contribution is 2.39. The predicted molar refractivity (Wildman–Crippen MR) is 97.6 cm³/mol. The van der Waals surface area contributed by atoms with Gasteiger partial charge < -0.3 is 5.32 Å². The van der Waals surface area contributed by atoms with Crippen molar-refractivity contribution in [3.05, 3.63) is 71.8 Å². The second-order valence-corrected chi connectivity index (χ2v) is 6.77. The van der Waals surface area contributed by atoms with Crippen LogP contribution < -0.4 is 10.6 Å². The van der Waals surface area contributed by atoms with E-state index in [0.717, 1.165) is 24.0 Å². The molecule has 4 heteroatoms. The van der Waals surface area contributed by atoms with E-state index in [1.807, 2.05) is 67.6 Å². The van der Waals surface area contributed by atoms with E-state index in [2.05, 4.69) is 16.7 Å². The van der Waals surface area contributed by atoms with Gasteiger partial charge in [0.1, 0.15) is 5.54 Å². The molecule has 0 radical (unpaired) electrons. The molecule has 1 aliphatic rings. The molecule has 0 aromatic heterocycles. The minimum absolute atomic E-state index is 0.0672. The van der Waals surface area contributed by atoms with Crippen molar-refractivity contribution in [2.45, 2.75) is 31.3 Å². The molecule has 1 unspecified atom stereocenters. The summed E-state index contributed by atoms with van der Waals surface area (Å²) in [5.41, 5.74) is 1.45. The van der Waals surface area contributed by atoms with Gasteiger partial charge in [-0.2, -0.15) is 5.26 Å². The molecule has 0 bridgehead atoms. The highest BCUT2D eigenvalue weighted by molar-refractivity contribution is 5.79. The Kier molecular flexibility index (Phi) is 5.16. The molecule has 1 fully saturated rings. The van der Waals surface area contributed by atoms with E-state index in [0.29, 0.717) is 0 Å². The highest BCUT2D eigenvalue weighted by atomic mass is 16.2. The SMILES string of the molecule is CC(C#N)(NC(=O)CNC(c1ccccc1)c1ccccc1)C1CC1. The fourth-order valence-corrected chi connectivity index (χ4v) is 3.13. The van der Waals surface area contributed by atoms with Crippen LogP contribution in [0.1, 0.15) is 36.9 Å². The summed E-state index contributed by atoms with van der Waals surface area (Å²) < 4.78 is 0. The number of rotatable bonds is 7. The first-order valence-corrected chi connectivity index (χ1v) is 8.68. The second kappa shape index (κ2) is 7.50. The Hall–Kier alpha value is -2.64. The van der Waals surface area contributed by atoms with Gasteiger partial charge in [0, 0.05) is 0 Å². The summed E-state index contributed by atoms with van der Waals surface area (Å²) >= 11 is 0. The van der Waals surface area contributed by atoms with Crippen molar-refractivity contribution < 1.29 is 4.79 Å². The third kappa shape index (κ3) is 4.26. The van der Waals surface area contributed by atoms with Crippen molar-refractivity contribution in [1.82, 2.24) is 10.6 Å². The van der Waals surface area contributed by atoms with Crippen molar-refractivity contribution in [3.8, 4) is 6.07 Å². The van der Waals surface area contributed by atoms with E-state index in [4.69, 9.17) is 0 Å². The molecule has 0 saturated heterocycles. The molecule has 0 heterocycles. The van der Waals surface area contributed by atoms with E-state index in [9.17, 15) is 10.1 Å². The van der Waals surface area contributed by atoms with Crippen molar-refractivity contribution in [2.24, 2.45) is 5.92 Å². The first kappa shape index (κ1) is 17.2. The zero-order valence-electron chi connectivity index (χ0n) is 14.4. The number of carbonyl (C=O) groups excluding carboxylic acids is 1. The molecule has 2 N–H and O–H groups in total. The van der Waals surface area contributed by atoms with Gasteiger partial charge in [-0.05, 0) is 36.8 Å². The van der Waals surface area contributed by atoms with Crippen LogP contribution in [-0.2, 0) is 4.79 Å². The van der Waals surface area contributed by atoms with E-state index >= 15 is 0 Å². The smallest absolute Gasteiger partial charge is 0.235 e. The number of benzene rings is 2. The average molecular weight is 333 g/mol. The summed E-state index contributed by atoms with van der Waals surface area (Å²) in [6.07, 6.45) is 2.02. The Bertz CT molecular complexity index is 710. The number of hydrogen-bond donors (Lipinski definition) is 2. The first-order chi connectivity index (χ1) is 12.1. The Balaban J connectivity index is 1.69. The van der Waals surface area contributed by atoms with Crippen LogP contribution in [0.15, 0.2) is 60.7 Å². The van der Waals surface area contributed by atoms with Gasteiger partial charge in [-0.3, -0.25) is 10.1 Å². The fraction of sp³-hybridized carbons (Fsp3) is 0.333. The number of hydrogen-bond acceptors (Lipinski definition) is 3. The summed E-state index contributed by atoms with van der Waals surface area (Å²) in [4.78, 5) is 12.4. The largest absolute Gasteiger partial charge is 0.337 e. The Morgan fingerprint density at radius 1 is 1.12 bits per heavy atom. The summed E-state index contributed by atoms with van der Waals surface area (Å²) in [6.45, 7) is 1.98. The number of amides is 1. The summed E-state index contributed by atoms with van der Waals surface area (Å²) in [5.74, 6) is 0.133. The molecule has 0 spiro atoms. The van der Waals surface area contributed by atoms with E-state index < -0.39 is 5.54 Å². The zero-order valence-corrected chi connectivity index (χ0v) is 14.4. The maximum atomic E-state index is 12.4. The van der Waals surface area contributed by atoms with Gasteiger partial charge in [0.2, 0.25) is 5.91 Å². The van der Waals surface area contributed by atoms with E-state index in [1.165, 1.54) is 0 Å². The van der Waals surface area contributed by atoms with Gasteiger partial charge in [-0.1, -0.05) is 60.7 Å². The van der Waals surface area contributed by atoms with Gasteiger partial charge in [0.25, 0.3) is 0 Å². The lowest BCUT2D eigenvalue weighted by atomic mass is 9.97. The molecule has 1 aliphatic carbocycles. The molecule has 0 aliphatic heterocycles. The van der Waals surface area contributed by atoms with Crippen LogP contribution in [0.4, 0.5) is 0 Å². The molecule has 2 aromatic carbocycles. The Morgan fingerprint density at radius 2 is 1.64 bits per heavy atom. The molecule has 4 nitrogen and oxygen atoms in total.